The zero-order chi connectivity index (χ0) is 14.1. The average molecular weight is 262 g/mol. The molecule has 0 bridgehead atoms. The molecule has 1 heterocycles. The summed E-state index contributed by atoms with van der Waals surface area (Å²) in [6.07, 6.45) is 5.51. The zero-order valence-electron chi connectivity index (χ0n) is 10.8. The van der Waals surface area contributed by atoms with E-state index in [1.807, 2.05) is 0 Å². The van der Waals surface area contributed by atoms with E-state index in [0.29, 0.717) is 18.5 Å². The summed E-state index contributed by atoms with van der Waals surface area (Å²) < 4.78 is 0. The number of carbonyl (C=O) groups is 2. The van der Waals surface area contributed by atoms with Gasteiger partial charge in [0, 0.05) is 19.2 Å². The van der Waals surface area contributed by atoms with Gasteiger partial charge in [-0.2, -0.15) is 0 Å². The molecule has 0 saturated carbocycles. The number of aromatic nitrogens is 1. The smallest absolute Gasteiger partial charge is 0.303 e. The molecule has 0 aliphatic carbocycles. The number of aliphatic carboxylic acids is 1. The summed E-state index contributed by atoms with van der Waals surface area (Å²) in [5, 5.41) is 11.2. The van der Waals surface area contributed by atoms with Gasteiger partial charge >= 0.3 is 5.97 Å². The van der Waals surface area contributed by atoms with Crippen LogP contribution in [0.4, 0.5) is 0 Å². The quantitative estimate of drug-likeness (QED) is 0.703. The molecule has 1 aromatic rings. The topological polar surface area (TPSA) is 79.3 Å². The Morgan fingerprint density at radius 2 is 2.11 bits per heavy atom. The van der Waals surface area contributed by atoms with Crippen LogP contribution in [0, 0.1) is 0 Å². The molecule has 0 aliphatic rings. The molecule has 0 unspecified atom stereocenters. The second-order valence-corrected chi connectivity index (χ2v) is 4.14. The lowest BCUT2D eigenvalue weighted by Gasteiger charge is -2.04. The van der Waals surface area contributed by atoms with Gasteiger partial charge in [-0.25, -0.2) is 0 Å². The fourth-order valence-electron chi connectivity index (χ4n) is 1.54. The summed E-state index contributed by atoms with van der Waals surface area (Å²) in [4.78, 5) is 26.1. The molecule has 1 rings (SSSR count). The summed E-state index contributed by atoms with van der Waals surface area (Å²) in [6, 6.07) is 3.43. The fraction of sp³-hybridized carbons (Fsp3) is 0.357. The highest BCUT2D eigenvalue weighted by Gasteiger charge is 2.04. The highest BCUT2D eigenvalue weighted by molar-refractivity contribution is 5.93. The third-order valence-corrected chi connectivity index (χ3v) is 2.61. The van der Waals surface area contributed by atoms with E-state index in [1.54, 1.807) is 18.2 Å². The first-order chi connectivity index (χ1) is 9.13. The summed E-state index contributed by atoms with van der Waals surface area (Å²) in [6.45, 7) is 4.13. The molecule has 0 saturated heterocycles. The Morgan fingerprint density at radius 3 is 2.68 bits per heavy atom. The minimum absolute atomic E-state index is 0.165. The van der Waals surface area contributed by atoms with E-state index < -0.39 is 5.97 Å². The van der Waals surface area contributed by atoms with Crippen molar-refractivity contribution in [2.24, 2.45) is 0 Å². The molecule has 5 heteroatoms. The van der Waals surface area contributed by atoms with E-state index in [2.05, 4.69) is 16.9 Å². The van der Waals surface area contributed by atoms with Crippen LogP contribution in [0.15, 0.2) is 24.9 Å². The highest BCUT2D eigenvalue weighted by atomic mass is 16.4. The molecule has 0 spiro atoms. The summed E-state index contributed by atoms with van der Waals surface area (Å²) in [5.41, 5.74) is 1.24. The first kappa shape index (κ1) is 14.9. The maximum absolute atomic E-state index is 11.7. The van der Waals surface area contributed by atoms with Gasteiger partial charge in [-0.05, 0) is 31.1 Å². The minimum Gasteiger partial charge on any atom is -0.481 e. The van der Waals surface area contributed by atoms with Gasteiger partial charge in [-0.3, -0.25) is 14.6 Å². The molecule has 0 aromatic carbocycles. The number of hydrogen-bond donors (Lipinski definition) is 2. The predicted molar refractivity (Wildman–Crippen MR) is 72.8 cm³/mol. The lowest BCUT2D eigenvalue weighted by atomic mass is 10.2. The van der Waals surface area contributed by atoms with Crippen LogP contribution in [0.25, 0.3) is 6.08 Å². The van der Waals surface area contributed by atoms with Gasteiger partial charge < -0.3 is 10.4 Å². The van der Waals surface area contributed by atoms with Crippen LogP contribution < -0.4 is 5.32 Å². The third kappa shape index (κ3) is 5.81. The average Bonchev–Trinajstić information content (AvgIpc) is 2.42. The molecule has 1 amide bonds. The van der Waals surface area contributed by atoms with Gasteiger partial charge in [-0.15, -0.1) is 0 Å². The summed E-state index contributed by atoms with van der Waals surface area (Å²) in [5.74, 6) is -0.946. The van der Waals surface area contributed by atoms with Crippen molar-refractivity contribution in [2.45, 2.75) is 25.7 Å². The summed E-state index contributed by atoms with van der Waals surface area (Å²) in [7, 11) is 0. The first-order valence-electron chi connectivity index (χ1n) is 6.22. The van der Waals surface area contributed by atoms with E-state index in [1.165, 1.54) is 6.20 Å². The third-order valence-electron chi connectivity index (χ3n) is 2.61. The number of nitrogens with one attached hydrogen (secondary N) is 1. The van der Waals surface area contributed by atoms with E-state index in [4.69, 9.17) is 5.11 Å². The number of amides is 1. The van der Waals surface area contributed by atoms with E-state index in [-0.39, 0.29) is 12.3 Å². The Bertz CT molecular complexity index is 441. The van der Waals surface area contributed by atoms with Crippen molar-refractivity contribution >= 4 is 18.0 Å². The minimum atomic E-state index is -0.780. The number of carboxylic acids is 1. The lowest BCUT2D eigenvalue weighted by Crippen LogP contribution is -2.24. The van der Waals surface area contributed by atoms with Gasteiger partial charge in [0.25, 0.3) is 5.91 Å². The maximum Gasteiger partial charge on any atom is 0.303 e. The van der Waals surface area contributed by atoms with Crippen molar-refractivity contribution in [3.05, 3.63) is 36.2 Å². The van der Waals surface area contributed by atoms with Crippen LogP contribution in [0.5, 0.6) is 0 Å². The molecule has 2 N–H and O–H groups in total. The van der Waals surface area contributed by atoms with Crippen molar-refractivity contribution in [1.82, 2.24) is 10.3 Å². The zero-order valence-corrected chi connectivity index (χ0v) is 10.8. The molecule has 0 fully saturated rings. The molecule has 19 heavy (non-hydrogen) atoms. The van der Waals surface area contributed by atoms with Crippen molar-refractivity contribution in [3.63, 3.8) is 0 Å². The van der Waals surface area contributed by atoms with Crippen molar-refractivity contribution < 1.29 is 14.7 Å². The lowest BCUT2D eigenvalue weighted by molar-refractivity contribution is -0.137. The maximum atomic E-state index is 11.7. The van der Waals surface area contributed by atoms with Gasteiger partial charge in [0.1, 0.15) is 0 Å². The van der Waals surface area contributed by atoms with Gasteiger partial charge in [0.15, 0.2) is 0 Å². The van der Waals surface area contributed by atoms with Crippen LogP contribution in [0.3, 0.4) is 0 Å². The Labute approximate surface area is 112 Å². The number of carboxylic acid groups (broad SMARTS) is 1. The number of carbonyl (C=O) groups excluding carboxylic acids is 1. The van der Waals surface area contributed by atoms with E-state index in [9.17, 15) is 9.59 Å². The highest BCUT2D eigenvalue weighted by Crippen LogP contribution is 2.02. The second kappa shape index (κ2) is 8.02. The van der Waals surface area contributed by atoms with Crippen LogP contribution >= 0.6 is 0 Å². The Hall–Kier alpha value is -2.17. The standard InChI is InChI=1S/C14H18N2O3/c1-2-12-8-7-11(10-16-12)14(19)15-9-5-3-4-6-13(17)18/h2,7-8,10H,1,3-6,9H2,(H,15,19)(H,17,18). The van der Waals surface area contributed by atoms with E-state index >= 15 is 0 Å². The normalized spacial score (nSPS) is 9.89. The molecule has 0 atom stereocenters. The molecule has 5 nitrogen and oxygen atoms in total. The molecule has 1 aromatic heterocycles. The van der Waals surface area contributed by atoms with E-state index in [0.717, 1.165) is 18.5 Å². The molecule has 102 valence electrons. The predicted octanol–water partition coefficient (Wildman–Crippen LogP) is 2.10. The first-order valence-corrected chi connectivity index (χ1v) is 6.22. The monoisotopic (exact) mass is 262 g/mol. The van der Waals surface area contributed by atoms with Crippen molar-refractivity contribution in [3.8, 4) is 0 Å². The van der Waals surface area contributed by atoms with Crippen molar-refractivity contribution in [2.75, 3.05) is 6.54 Å². The number of rotatable bonds is 8. The molecule has 0 aliphatic heterocycles. The number of unbranched alkanes of at least 4 members (excludes halogenated alkanes) is 2. The van der Waals surface area contributed by atoms with Gasteiger partial charge in [0.2, 0.25) is 0 Å². The van der Waals surface area contributed by atoms with Crippen LogP contribution in [0.2, 0.25) is 0 Å². The Balaban J connectivity index is 2.23. The molecular formula is C14H18N2O3. The SMILES string of the molecule is C=Cc1ccc(C(=O)NCCCCCC(=O)O)cn1. The Kier molecular flexibility index (Phi) is 6.29. The van der Waals surface area contributed by atoms with Crippen LogP contribution in [-0.4, -0.2) is 28.5 Å². The number of pyridine rings is 1. The number of nitrogens with zero attached hydrogens (tertiary/aromatic N) is 1. The largest absolute Gasteiger partial charge is 0.481 e. The van der Waals surface area contributed by atoms with Gasteiger partial charge in [0.05, 0.1) is 11.3 Å². The number of hydrogen-bond acceptors (Lipinski definition) is 3. The van der Waals surface area contributed by atoms with Crippen LogP contribution in [0.1, 0.15) is 41.7 Å². The van der Waals surface area contributed by atoms with Crippen LogP contribution in [-0.2, 0) is 4.79 Å². The summed E-state index contributed by atoms with van der Waals surface area (Å²) >= 11 is 0. The van der Waals surface area contributed by atoms with Crippen molar-refractivity contribution in [1.29, 1.82) is 0 Å². The molecule has 0 radical (unpaired) electrons. The second-order valence-electron chi connectivity index (χ2n) is 4.14. The van der Waals surface area contributed by atoms with Gasteiger partial charge in [-0.1, -0.05) is 13.0 Å². The fourth-order valence-corrected chi connectivity index (χ4v) is 1.54. The Morgan fingerprint density at radius 1 is 1.32 bits per heavy atom. The molecular weight excluding hydrogens is 244 g/mol.